The summed E-state index contributed by atoms with van der Waals surface area (Å²) in [7, 11) is 0. The van der Waals surface area contributed by atoms with E-state index in [0.29, 0.717) is 0 Å². The molecule has 6 heteroatoms. The molecule has 0 N–H and O–H groups in total. The van der Waals surface area contributed by atoms with Crippen LogP contribution < -0.4 is 4.74 Å². The van der Waals surface area contributed by atoms with Gasteiger partial charge >= 0.3 is 0 Å². The standard InChI is InChI=1S/C9H8ClF2NO2/c10-6-1-7(8(11)13-2-6)15-5-9(12)3-14-4-9/h1-2H,3-5H2. The number of alkyl halides is 1. The quantitative estimate of drug-likeness (QED) is 0.751. The van der Waals surface area contributed by atoms with Gasteiger partial charge in [0.25, 0.3) is 5.95 Å². The van der Waals surface area contributed by atoms with Crippen LogP contribution in [-0.4, -0.2) is 30.5 Å². The first-order valence-electron chi connectivity index (χ1n) is 4.30. The van der Waals surface area contributed by atoms with Crippen molar-refractivity contribution in [2.75, 3.05) is 19.8 Å². The molecule has 1 fully saturated rings. The van der Waals surface area contributed by atoms with Gasteiger partial charge < -0.3 is 9.47 Å². The fourth-order valence-electron chi connectivity index (χ4n) is 1.12. The molecule has 3 nitrogen and oxygen atoms in total. The lowest BCUT2D eigenvalue weighted by atomic mass is 10.1. The summed E-state index contributed by atoms with van der Waals surface area (Å²) < 4.78 is 36.1. The van der Waals surface area contributed by atoms with E-state index in [2.05, 4.69) is 9.72 Å². The third-order valence-electron chi connectivity index (χ3n) is 1.98. The van der Waals surface area contributed by atoms with Crippen molar-refractivity contribution in [2.45, 2.75) is 5.67 Å². The second-order valence-electron chi connectivity index (χ2n) is 3.37. The van der Waals surface area contributed by atoms with E-state index in [-0.39, 0.29) is 30.6 Å². The van der Waals surface area contributed by atoms with Gasteiger partial charge in [0.15, 0.2) is 11.4 Å². The molecule has 2 heterocycles. The van der Waals surface area contributed by atoms with Crippen LogP contribution in [-0.2, 0) is 4.74 Å². The minimum absolute atomic E-state index is 0.0252. The summed E-state index contributed by atoms with van der Waals surface area (Å²) >= 11 is 5.59. The summed E-state index contributed by atoms with van der Waals surface area (Å²) in [5.41, 5.74) is -1.52. The predicted molar refractivity (Wildman–Crippen MR) is 49.4 cm³/mol. The molecular weight excluding hydrogens is 228 g/mol. The minimum atomic E-state index is -1.52. The molecule has 0 saturated carbocycles. The van der Waals surface area contributed by atoms with Crippen molar-refractivity contribution in [3.05, 3.63) is 23.2 Å². The van der Waals surface area contributed by atoms with Crippen LogP contribution in [0.2, 0.25) is 5.02 Å². The van der Waals surface area contributed by atoms with Crippen LogP contribution in [0.3, 0.4) is 0 Å². The summed E-state index contributed by atoms with van der Waals surface area (Å²) in [4.78, 5) is 3.35. The lowest BCUT2D eigenvalue weighted by Crippen LogP contribution is -2.50. The Bertz CT molecular complexity index is 371. The van der Waals surface area contributed by atoms with E-state index in [4.69, 9.17) is 16.3 Å². The second kappa shape index (κ2) is 3.90. The maximum atomic E-state index is 13.4. The van der Waals surface area contributed by atoms with E-state index in [1.54, 1.807) is 0 Å². The van der Waals surface area contributed by atoms with Crippen molar-refractivity contribution < 1.29 is 18.3 Å². The summed E-state index contributed by atoms with van der Waals surface area (Å²) in [6, 6.07) is 1.26. The first-order chi connectivity index (χ1) is 7.09. The Morgan fingerprint density at radius 1 is 1.60 bits per heavy atom. The normalized spacial score (nSPS) is 18.3. The zero-order valence-electron chi connectivity index (χ0n) is 7.67. The summed E-state index contributed by atoms with van der Waals surface area (Å²) in [5, 5.41) is 0.240. The van der Waals surface area contributed by atoms with Gasteiger partial charge in [-0.2, -0.15) is 4.39 Å². The van der Waals surface area contributed by atoms with Crippen LogP contribution in [0.5, 0.6) is 5.75 Å². The Hall–Kier alpha value is -0.940. The number of aromatic nitrogens is 1. The lowest BCUT2D eigenvalue weighted by Gasteiger charge is -2.33. The van der Waals surface area contributed by atoms with Crippen LogP contribution in [0.1, 0.15) is 0 Å². The van der Waals surface area contributed by atoms with E-state index in [9.17, 15) is 8.78 Å². The number of ether oxygens (including phenoxy) is 2. The average molecular weight is 236 g/mol. The van der Waals surface area contributed by atoms with Gasteiger partial charge in [0.1, 0.15) is 6.61 Å². The van der Waals surface area contributed by atoms with Gasteiger partial charge in [-0.1, -0.05) is 11.6 Å². The smallest absolute Gasteiger partial charge is 0.255 e. The van der Waals surface area contributed by atoms with Crippen molar-refractivity contribution in [2.24, 2.45) is 0 Å². The zero-order valence-corrected chi connectivity index (χ0v) is 8.43. The van der Waals surface area contributed by atoms with Gasteiger partial charge in [-0.15, -0.1) is 0 Å². The van der Waals surface area contributed by atoms with Crippen molar-refractivity contribution in [3.8, 4) is 5.75 Å². The Morgan fingerprint density at radius 2 is 2.33 bits per heavy atom. The molecule has 0 aromatic carbocycles. The molecule has 15 heavy (non-hydrogen) atoms. The number of rotatable bonds is 3. The van der Waals surface area contributed by atoms with Crippen LogP contribution in [0, 0.1) is 5.95 Å². The third kappa shape index (κ3) is 2.35. The van der Waals surface area contributed by atoms with Crippen LogP contribution in [0.4, 0.5) is 8.78 Å². The fourth-order valence-corrected chi connectivity index (χ4v) is 1.27. The second-order valence-corrected chi connectivity index (χ2v) is 3.81. The number of halogens is 3. The minimum Gasteiger partial charge on any atom is -0.485 e. The Kier molecular flexibility index (Phi) is 2.75. The van der Waals surface area contributed by atoms with Gasteiger partial charge in [0.2, 0.25) is 0 Å². The van der Waals surface area contributed by atoms with Crippen LogP contribution in [0.15, 0.2) is 12.3 Å². The van der Waals surface area contributed by atoms with Crippen molar-refractivity contribution in [3.63, 3.8) is 0 Å². The zero-order chi connectivity index (χ0) is 10.9. The molecular formula is C9H8ClF2NO2. The van der Waals surface area contributed by atoms with Crippen LogP contribution >= 0.6 is 11.6 Å². The monoisotopic (exact) mass is 235 g/mol. The number of hydrogen-bond donors (Lipinski definition) is 0. The van der Waals surface area contributed by atoms with E-state index in [1.165, 1.54) is 6.07 Å². The number of hydrogen-bond acceptors (Lipinski definition) is 3. The average Bonchev–Trinajstić information content (AvgIpc) is 2.17. The van der Waals surface area contributed by atoms with E-state index < -0.39 is 11.6 Å². The first-order valence-corrected chi connectivity index (χ1v) is 4.67. The highest BCUT2D eigenvalue weighted by atomic mass is 35.5. The van der Waals surface area contributed by atoms with Crippen molar-refractivity contribution >= 4 is 11.6 Å². The van der Waals surface area contributed by atoms with Crippen molar-refractivity contribution in [1.29, 1.82) is 0 Å². The molecule has 0 radical (unpaired) electrons. The molecule has 0 aliphatic carbocycles. The molecule has 1 saturated heterocycles. The Morgan fingerprint density at radius 3 is 2.93 bits per heavy atom. The molecule has 0 unspecified atom stereocenters. The third-order valence-corrected chi connectivity index (χ3v) is 2.19. The highest BCUT2D eigenvalue weighted by Crippen LogP contribution is 2.25. The van der Waals surface area contributed by atoms with Gasteiger partial charge in [-0.05, 0) is 0 Å². The summed E-state index contributed by atoms with van der Waals surface area (Å²) in [5.74, 6) is -0.949. The summed E-state index contributed by atoms with van der Waals surface area (Å²) in [6.45, 7) is -0.308. The largest absolute Gasteiger partial charge is 0.485 e. The molecule has 1 aliphatic heterocycles. The summed E-state index contributed by atoms with van der Waals surface area (Å²) in [6.07, 6.45) is 1.15. The van der Waals surface area contributed by atoms with Gasteiger partial charge in [0.05, 0.1) is 18.2 Å². The van der Waals surface area contributed by atoms with Crippen LogP contribution in [0.25, 0.3) is 0 Å². The predicted octanol–water partition coefficient (Wildman–Crippen LogP) is 1.99. The molecule has 82 valence electrons. The topological polar surface area (TPSA) is 31.4 Å². The SMILES string of the molecule is Fc1ncc(Cl)cc1OCC1(F)COC1. The van der Waals surface area contributed by atoms with E-state index in [1.807, 2.05) is 0 Å². The van der Waals surface area contributed by atoms with E-state index in [0.717, 1.165) is 6.20 Å². The van der Waals surface area contributed by atoms with Gasteiger partial charge in [-0.3, -0.25) is 0 Å². The molecule has 1 aromatic rings. The molecule has 0 atom stereocenters. The first kappa shape index (κ1) is 10.6. The Labute approximate surface area is 90.0 Å². The van der Waals surface area contributed by atoms with E-state index >= 15 is 0 Å². The molecule has 0 amide bonds. The number of nitrogens with zero attached hydrogens (tertiary/aromatic N) is 1. The van der Waals surface area contributed by atoms with Crippen molar-refractivity contribution in [1.82, 2.24) is 4.98 Å². The van der Waals surface area contributed by atoms with Gasteiger partial charge in [0, 0.05) is 12.3 Å². The maximum absolute atomic E-state index is 13.4. The molecule has 2 rings (SSSR count). The highest BCUT2D eigenvalue weighted by Gasteiger charge is 2.40. The lowest BCUT2D eigenvalue weighted by molar-refractivity contribution is -0.146. The molecule has 0 spiro atoms. The number of pyridine rings is 1. The fraction of sp³-hybridized carbons (Fsp3) is 0.444. The van der Waals surface area contributed by atoms with Gasteiger partial charge in [-0.25, -0.2) is 9.37 Å². The maximum Gasteiger partial charge on any atom is 0.255 e. The highest BCUT2D eigenvalue weighted by molar-refractivity contribution is 6.30. The molecule has 1 aliphatic rings. The molecule has 1 aromatic heterocycles. The Balaban J connectivity index is 2.01. The molecule has 0 bridgehead atoms.